The van der Waals surface area contributed by atoms with Crippen molar-refractivity contribution in [2.24, 2.45) is 0 Å². The van der Waals surface area contributed by atoms with Crippen LogP contribution in [-0.4, -0.2) is 18.1 Å². The van der Waals surface area contributed by atoms with Crippen molar-refractivity contribution in [3.05, 3.63) is 65.2 Å². The summed E-state index contributed by atoms with van der Waals surface area (Å²) in [5.74, 6) is -0.883. The molecule has 0 aliphatic rings. The van der Waals surface area contributed by atoms with Gasteiger partial charge in [0.25, 0.3) is 0 Å². The number of carboxylic acid groups (broad SMARTS) is 1. The number of rotatable bonds is 4. The number of aromatic carboxylic acids is 1. The van der Waals surface area contributed by atoms with Crippen molar-refractivity contribution in [2.75, 3.05) is 11.9 Å². The molecule has 0 saturated heterocycles. The second-order valence-corrected chi connectivity index (χ2v) is 4.64. The topological polar surface area (TPSA) is 40.5 Å². The van der Waals surface area contributed by atoms with Crippen LogP contribution in [-0.2, 0) is 6.54 Å². The highest BCUT2D eigenvalue weighted by Gasteiger charge is 2.08. The second kappa shape index (κ2) is 5.57. The van der Waals surface area contributed by atoms with Gasteiger partial charge in [-0.05, 0) is 42.3 Å². The molecular weight excluding hydrogens is 238 g/mol. The normalized spacial score (nSPS) is 10.2. The third-order valence-corrected chi connectivity index (χ3v) is 3.19. The van der Waals surface area contributed by atoms with E-state index in [1.54, 1.807) is 12.1 Å². The van der Waals surface area contributed by atoms with E-state index in [-0.39, 0.29) is 0 Å². The fraction of sp³-hybridized carbons (Fsp3) is 0.188. The zero-order valence-electron chi connectivity index (χ0n) is 11.1. The number of para-hydroxylation sites is 1. The average Bonchev–Trinajstić information content (AvgIpc) is 2.41. The van der Waals surface area contributed by atoms with Crippen LogP contribution >= 0.6 is 0 Å². The number of nitrogens with zero attached hydrogens (tertiary/aromatic N) is 1. The van der Waals surface area contributed by atoms with E-state index in [1.807, 2.05) is 38.2 Å². The smallest absolute Gasteiger partial charge is 0.335 e. The summed E-state index contributed by atoms with van der Waals surface area (Å²) in [5.41, 5.74) is 3.62. The first kappa shape index (κ1) is 13.1. The molecule has 0 heterocycles. The van der Waals surface area contributed by atoms with Gasteiger partial charge in [-0.3, -0.25) is 0 Å². The number of hydrogen-bond donors (Lipinski definition) is 1. The summed E-state index contributed by atoms with van der Waals surface area (Å²) in [6, 6.07) is 15.4. The van der Waals surface area contributed by atoms with Crippen LogP contribution in [0.25, 0.3) is 0 Å². The van der Waals surface area contributed by atoms with E-state index in [2.05, 4.69) is 17.0 Å². The summed E-state index contributed by atoms with van der Waals surface area (Å²) >= 11 is 0. The summed E-state index contributed by atoms with van der Waals surface area (Å²) < 4.78 is 0. The molecule has 2 aromatic rings. The molecule has 3 nitrogen and oxygen atoms in total. The van der Waals surface area contributed by atoms with Crippen molar-refractivity contribution in [3.8, 4) is 0 Å². The van der Waals surface area contributed by atoms with Gasteiger partial charge in [-0.15, -0.1) is 0 Å². The molecular formula is C16H17NO2. The SMILES string of the molecule is Cc1cc(C(=O)O)ccc1CN(C)c1ccccc1. The largest absolute Gasteiger partial charge is 0.478 e. The van der Waals surface area contributed by atoms with Crippen LogP contribution in [0.2, 0.25) is 0 Å². The zero-order valence-corrected chi connectivity index (χ0v) is 11.1. The first-order valence-electron chi connectivity index (χ1n) is 6.17. The van der Waals surface area contributed by atoms with Gasteiger partial charge in [-0.1, -0.05) is 24.3 Å². The lowest BCUT2D eigenvalue weighted by Crippen LogP contribution is -2.17. The first-order valence-corrected chi connectivity index (χ1v) is 6.17. The number of carbonyl (C=O) groups is 1. The van der Waals surface area contributed by atoms with E-state index in [0.29, 0.717) is 5.56 Å². The van der Waals surface area contributed by atoms with E-state index in [1.165, 1.54) is 0 Å². The Kier molecular flexibility index (Phi) is 3.85. The quantitative estimate of drug-likeness (QED) is 0.911. The van der Waals surface area contributed by atoms with Gasteiger partial charge in [0.2, 0.25) is 0 Å². The Hall–Kier alpha value is -2.29. The van der Waals surface area contributed by atoms with Crippen LogP contribution in [0.1, 0.15) is 21.5 Å². The molecule has 3 heteroatoms. The predicted octanol–water partition coefficient (Wildman–Crippen LogP) is 3.33. The van der Waals surface area contributed by atoms with Gasteiger partial charge in [-0.2, -0.15) is 0 Å². The summed E-state index contributed by atoms with van der Waals surface area (Å²) in [4.78, 5) is 13.0. The van der Waals surface area contributed by atoms with Gasteiger partial charge < -0.3 is 10.0 Å². The molecule has 2 aromatic carbocycles. The molecule has 0 unspecified atom stereocenters. The fourth-order valence-corrected chi connectivity index (χ4v) is 2.04. The molecule has 98 valence electrons. The van der Waals surface area contributed by atoms with Crippen molar-refractivity contribution >= 4 is 11.7 Å². The van der Waals surface area contributed by atoms with Crippen molar-refractivity contribution in [3.63, 3.8) is 0 Å². The van der Waals surface area contributed by atoms with Crippen LogP contribution in [0.5, 0.6) is 0 Å². The molecule has 0 aliphatic heterocycles. The lowest BCUT2D eigenvalue weighted by molar-refractivity contribution is 0.0697. The highest BCUT2D eigenvalue weighted by Crippen LogP contribution is 2.18. The maximum Gasteiger partial charge on any atom is 0.335 e. The van der Waals surface area contributed by atoms with Gasteiger partial charge in [0.1, 0.15) is 0 Å². The van der Waals surface area contributed by atoms with Crippen molar-refractivity contribution in [2.45, 2.75) is 13.5 Å². The Bertz CT molecular complexity index is 579. The van der Waals surface area contributed by atoms with Crippen molar-refractivity contribution in [1.29, 1.82) is 0 Å². The second-order valence-electron chi connectivity index (χ2n) is 4.64. The summed E-state index contributed by atoms with van der Waals surface area (Å²) in [6.07, 6.45) is 0. The third-order valence-electron chi connectivity index (χ3n) is 3.19. The monoisotopic (exact) mass is 255 g/mol. The highest BCUT2D eigenvalue weighted by molar-refractivity contribution is 5.87. The fourth-order valence-electron chi connectivity index (χ4n) is 2.04. The minimum absolute atomic E-state index is 0.337. The Morgan fingerprint density at radius 2 is 1.84 bits per heavy atom. The molecule has 0 amide bonds. The first-order chi connectivity index (χ1) is 9.08. The van der Waals surface area contributed by atoms with E-state index in [9.17, 15) is 4.79 Å². The van der Waals surface area contributed by atoms with Gasteiger partial charge in [-0.25, -0.2) is 4.79 Å². The maximum atomic E-state index is 10.9. The predicted molar refractivity (Wildman–Crippen MR) is 76.7 cm³/mol. The van der Waals surface area contributed by atoms with Gasteiger partial charge >= 0.3 is 5.97 Å². The lowest BCUT2D eigenvalue weighted by Gasteiger charge is -2.20. The third kappa shape index (κ3) is 3.13. The van der Waals surface area contributed by atoms with Gasteiger partial charge in [0, 0.05) is 19.3 Å². The Labute approximate surface area is 113 Å². The molecule has 19 heavy (non-hydrogen) atoms. The minimum atomic E-state index is -0.883. The molecule has 0 bridgehead atoms. The molecule has 1 N–H and O–H groups in total. The number of carboxylic acids is 1. The maximum absolute atomic E-state index is 10.9. The summed E-state index contributed by atoms with van der Waals surface area (Å²) in [6.45, 7) is 2.70. The number of hydrogen-bond acceptors (Lipinski definition) is 2. The van der Waals surface area contributed by atoms with Crippen LogP contribution in [0.15, 0.2) is 48.5 Å². The summed E-state index contributed by atoms with van der Waals surface area (Å²) in [7, 11) is 2.03. The summed E-state index contributed by atoms with van der Waals surface area (Å²) in [5, 5.41) is 8.95. The van der Waals surface area contributed by atoms with Crippen molar-refractivity contribution in [1.82, 2.24) is 0 Å². The molecule has 0 saturated carbocycles. The Morgan fingerprint density at radius 3 is 2.42 bits per heavy atom. The van der Waals surface area contributed by atoms with Crippen LogP contribution in [0.3, 0.4) is 0 Å². The number of benzene rings is 2. The standard InChI is InChI=1S/C16H17NO2/c1-12-10-13(16(18)19)8-9-14(12)11-17(2)15-6-4-3-5-7-15/h3-10H,11H2,1-2H3,(H,18,19). The van der Waals surface area contributed by atoms with E-state index in [4.69, 9.17) is 5.11 Å². The molecule has 0 spiro atoms. The van der Waals surface area contributed by atoms with E-state index >= 15 is 0 Å². The van der Waals surface area contributed by atoms with Crippen molar-refractivity contribution < 1.29 is 9.90 Å². The van der Waals surface area contributed by atoms with E-state index in [0.717, 1.165) is 23.4 Å². The molecule has 0 aromatic heterocycles. The number of anilines is 1. The Balaban J connectivity index is 2.18. The Morgan fingerprint density at radius 1 is 1.16 bits per heavy atom. The number of aryl methyl sites for hydroxylation is 1. The average molecular weight is 255 g/mol. The van der Waals surface area contributed by atoms with Gasteiger partial charge in [0.05, 0.1) is 5.56 Å². The molecule has 0 atom stereocenters. The molecule has 0 fully saturated rings. The van der Waals surface area contributed by atoms with Crippen LogP contribution < -0.4 is 4.90 Å². The molecule has 2 rings (SSSR count). The van der Waals surface area contributed by atoms with Crippen LogP contribution in [0.4, 0.5) is 5.69 Å². The lowest BCUT2D eigenvalue weighted by atomic mass is 10.0. The molecule has 0 aliphatic carbocycles. The highest BCUT2D eigenvalue weighted by atomic mass is 16.4. The van der Waals surface area contributed by atoms with E-state index < -0.39 is 5.97 Å². The zero-order chi connectivity index (χ0) is 13.8. The van der Waals surface area contributed by atoms with Gasteiger partial charge in [0.15, 0.2) is 0 Å². The minimum Gasteiger partial charge on any atom is -0.478 e. The van der Waals surface area contributed by atoms with Crippen LogP contribution in [0, 0.1) is 6.92 Å². The molecule has 0 radical (unpaired) electrons.